The van der Waals surface area contributed by atoms with E-state index in [-0.39, 0.29) is 10.9 Å². The Hall–Kier alpha value is -1.22. The summed E-state index contributed by atoms with van der Waals surface area (Å²) in [6.07, 6.45) is 3.58. The van der Waals surface area contributed by atoms with Crippen molar-refractivity contribution in [3.63, 3.8) is 0 Å². The lowest BCUT2D eigenvalue weighted by Crippen LogP contribution is -2.41. The van der Waals surface area contributed by atoms with Crippen LogP contribution in [-0.4, -0.2) is 44.0 Å². The molecule has 0 aromatic carbocycles. The van der Waals surface area contributed by atoms with Gasteiger partial charge in [-0.1, -0.05) is 0 Å². The number of nitrogens with zero attached hydrogens (tertiary/aromatic N) is 2. The van der Waals surface area contributed by atoms with Gasteiger partial charge >= 0.3 is 0 Å². The fourth-order valence-corrected chi connectivity index (χ4v) is 4.01. The van der Waals surface area contributed by atoms with Crippen molar-refractivity contribution in [3.8, 4) is 0 Å². The molecule has 2 rings (SSSR count). The molecule has 21 heavy (non-hydrogen) atoms. The normalized spacial score (nSPS) is 17.0. The van der Waals surface area contributed by atoms with E-state index in [2.05, 4.69) is 10.4 Å². The van der Waals surface area contributed by atoms with Crippen molar-refractivity contribution in [1.29, 1.82) is 0 Å². The summed E-state index contributed by atoms with van der Waals surface area (Å²) in [6.45, 7) is 2.65. The third-order valence-electron chi connectivity index (χ3n) is 3.76. The van der Waals surface area contributed by atoms with Crippen LogP contribution in [0.25, 0.3) is 0 Å². The van der Waals surface area contributed by atoms with Gasteiger partial charge in [0.2, 0.25) is 10.0 Å². The summed E-state index contributed by atoms with van der Waals surface area (Å²) in [4.78, 5) is 4.13. The molecule has 0 spiro atoms. The monoisotopic (exact) mass is 314 g/mol. The molecule has 1 fully saturated rings. The number of methoxy groups -OCH3 is 1. The molecule has 1 aliphatic rings. The molecule has 1 heterocycles. The standard InChI is InChI=1S/C13H22N4O3S/c1-10(11-3-4-11)17(7-8-20-2)21(18,19)12-5-6-15-13(9-12)16-14/h5-6,9-11H,3-4,7-8,14H2,1-2H3,(H,15,16). The van der Waals surface area contributed by atoms with E-state index in [0.717, 1.165) is 12.8 Å². The Bertz CT molecular complexity index is 575. The summed E-state index contributed by atoms with van der Waals surface area (Å²) < 4.78 is 32.3. The highest BCUT2D eigenvalue weighted by molar-refractivity contribution is 7.89. The minimum atomic E-state index is -3.59. The predicted molar refractivity (Wildman–Crippen MR) is 80.0 cm³/mol. The fourth-order valence-electron chi connectivity index (χ4n) is 2.32. The average Bonchev–Trinajstić information content (AvgIpc) is 3.32. The second-order valence-corrected chi connectivity index (χ2v) is 7.10. The molecule has 0 aliphatic heterocycles. The summed E-state index contributed by atoms with van der Waals surface area (Å²) in [5.74, 6) is 6.05. The molecule has 118 valence electrons. The van der Waals surface area contributed by atoms with Crippen LogP contribution in [0.4, 0.5) is 5.82 Å². The Morgan fingerprint density at radius 3 is 2.86 bits per heavy atom. The van der Waals surface area contributed by atoms with E-state index >= 15 is 0 Å². The van der Waals surface area contributed by atoms with Gasteiger partial charge in [0.25, 0.3) is 0 Å². The van der Waals surface area contributed by atoms with Crippen molar-refractivity contribution in [2.75, 3.05) is 25.7 Å². The van der Waals surface area contributed by atoms with Crippen molar-refractivity contribution >= 4 is 15.8 Å². The number of anilines is 1. The van der Waals surface area contributed by atoms with Crippen LogP contribution in [0.15, 0.2) is 23.2 Å². The quantitative estimate of drug-likeness (QED) is 0.544. The Morgan fingerprint density at radius 2 is 2.29 bits per heavy atom. The van der Waals surface area contributed by atoms with Crippen LogP contribution in [0.3, 0.4) is 0 Å². The molecule has 8 heteroatoms. The van der Waals surface area contributed by atoms with Crippen molar-refractivity contribution < 1.29 is 13.2 Å². The van der Waals surface area contributed by atoms with Crippen LogP contribution < -0.4 is 11.3 Å². The lowest BCUT2D eigenvalue weighted by molar-refractivity contribution is 0.164. The topological polar surface area (TPSA) is 97.5 Å². The molecule has 1 saturated carbocycles. The van der Waals surface area contributed by atoms with E-state index in [0.29, 0.717) is 24.9 Å². The number of ether oxygens (including phenoxy) is 1. The highest BCUT2D eigenvalue weighted by atomic mass is 32.2. The fraction of sp³-hybridized carbons (Fsp3) is 0.615. The van der Waals surface area contributed by atoms with E-state index < -0.39 is 10.0 Å². The third-order valence-corrected chi connectivity index (χ3v) is 5.74. The molecule has 1 aliphatic carbocycles. The summed E-state index contributed by atoms with van der Waals surface area (Å²) >= 11 is 0. The molecule has 3 N–H and O–H groups in total. The van der Waals surface area contributed by atoms with E-state index in [1.165, 1.54) is 22.6 Å². The molecule has 1 unspecified atom stereocenters. The maximum Gasteiger partial charge on any atom is 0.243 e. The molecule has 7 nitrogen and oxygen atoms in total. The van der Waals surface area contributed by atoms with Gasteiger partial charge < -0.3 is 10.2 Å². The van der Waals surface area contributed by atoms with Crippen molar-refractivity contribution in [3.05, 3.63) is 18.3 Å². The Labute approximate surface area is 125 Å². The highest BCUT2D eigenvalue weighted by Gasteiger charge is 2.38. The minimum absolute atomic E-state index is 0.0346. The molecule has 1 aromatic heterocycles. The zero-order valence-corrected chi connectivity index (χ0v) is 13.1. The highest BCUT2D eigenvalue weighted by Crippen LogP contribution is 2.37. The number of hydrazine groups is 1. The molecule has 0 saturated heterocycles. The number of sulfonamides is 1. The average molecular weight is 314 g/mol. The summed E-state index contributed by atoms with van der Waals surface area (Å²) in [5, 5.41) is 0. The van der Waals surface area contributed by atoms with Gasteiger partial charge in [0, 0.05) is 32.0 Å². The summed E-state index contributed by atoms with van der Waals surface area (Å²) in [6, 6.07) is 2.89. The summed E-state index contributed by atoms with van der Waals surface area (Å²) in [5.41, 5.74) is 2.37. The third kappa shape index (κ3) is 3.70. The molecular weight excluding hydrogens is 292 g/mol. The molecular formula is C13H22N4O3S. The number of nitrogens with one attached hydrogen (secondary N) is 1. The largest absolute Gasteiger partial charge is 0.383 e. The predicted octanol–water partition coefficient (Wildman–Crippen LogP) is 0.803. The molecule has 0 amide bonds. The van der Waals surface area contributed by atoms with Gasteiger partial charge in [-0.05, 0) is 31.7 Å². The zero-order chi connectivity index (χ0) is 15.5. The van der Waals surface area contributed by atoms with Crippen LogP contribution in [-0.2, 0) is 14.8 Å². The summed E-state index contributed by atoms with van der Waals surface area (Å²) in [7, 11) is -2.03. The van der Waals surface area contributed by atoms with Gasteiger partial charge in [0.1, 0.15) is 5.82 Å². The number of pyridine rings is 1. The van der Waals surface area contributed by atoms with E-state index in [4.69, 9.17) is 10.6 Å². The zero-order valence-electron chi connectivity index (χ0n) is 12.3. The van der Waals surface area contributed by atoms with Crippen LogP contribution in [0.5, 0.6) is 0 Å². The smallest absolute Gasteiger partial charge is 0.243 e. The first kappa shape index (κ1) is 16.2. The second kappa shape index (κ2) is 6.69. The number of nitrogen functional groups attached to an aromatic ring is 1. The first-order valence-corrected chi connectivity index (χ1v) is 8.38. The molecule has 1 aromatic rings. The van der Waals surface area contributed by atoms with Crippen molar-refractivity contribution in [1.82, 2.24) is 9.29 Å². The van der Waals surface area contributed by atoms with Gasteiger partial charge in [0.05, 0.1) is 11.5 Å². The van der Waals surface area contributed by atoms with Gasteiger partial charge in [-0.25, -0.2) is 19.2 Å². The maximum absolute atomic E-state index is 12.9. The number of hydrogen-bond donors (Lipinski definition) is 2. The van der Waals surface area contributed by atoms with Crippen LogP contribution in [0.1, 0.15) is 19.8 Å². The van der Waals surface area contributed by atoms with Crippen molar-refractivity contribution in [2.24, 2.45) is 11.8 Å². The lowest BCUT2D eigenvalue weighted by Gasteiger charge is -2.28. The van der Waals surface area contributed by atoms with Gasteiger partial charge in [0.15, 0.2) is 0 Å². The van der Waals surface area contributed by atoms with Gasteiger partial charge in [-0.3, -0.25) is 0 Å². The minimum Gasteiger partial charge on any atom is -0.383 e. The van der Waals surface area contributed by atoms with Gasteiger partial charge in [-0.2, -0.15) is 4.31 Å². The molecule has 0 radical (unpaired) electrons. The SMILES string of the molecule is COCCN(C(C)C1CC1)S(=O)(=O)c1ccnc(NN)c1. The van der Waals surface area contributed by atoms with E-state index in [9.17, 15) is 8.42 Å². The molecule has 1 atom stereocenters. The lowest BCUT2D eigenvalue weighted by atomic mass is 10.2. The number of aromatic nitrogens is 1. The Kier molecular flexibility index (Phi) is 5.15. The maximum atomic E-state index is 12.9. The second-order valence-electron chi connectivity index (χ2n) is 5.21. The van der Waals surface area contributed by atoms with Crippen molar-refractivity contribution in [2.45, 2.75) is 30.7 Å². The number of hydrogen-bond acceptors (Lipinski definition) is 6. The Balaban J connectivity index is 2.30. The number of rotatable bonds is 8. The molecule has 0 bridgehead atoms. The van der Waals surface area contributed by atoms with Crippen LogP contribution >= 0.6 is 0 Å². The van der Waals surface area contributed by atoms with Crippen LogP contribution in [0, 0.1) is 5.92 Å². The number of nitrogens with two attached hydrogens (primary N) is 1. The van der Waals surface area contributed by atoms with E-state index in [1.807, 2.05) is 6.92 Å². The Morgan fingerprint density at radius 1 is 1.57 bits per heavy atom. The first-order chi connectivity index (χ1) is 10.0. The first-order valence-electron chi connectivity index (χ1n) is 6.94. The van der Waals surface area contributed by atoms with E-state index in [1.54, 1.807) is 7.11 Å². The van der Waals surface area contributed by atoms with Crippen LogP contribution in [0.2, 0.25) is 0 Å². The van der Waals surface area contributed by atoms with Gasteiger partial charge in [-0.15, -0.1) is 0 Å².